The van der Waals surface area contributed by atoms with Crippen molar-refractivity contribution in [2.75, 3.05) is 6.54 Å². The van der Waals surface area contributed by atoms with Crippen molar-refractivity contribution in [1.29, 1.82) is 0 Å². The van der Waals surface area contributed by atoms with Crippen molar-refractivity contribution in [1.82, 2.24) is 15.2 Å². The molecule has 0 saturated heterocycles. The summed E-state index contributed by atoms with van der Waals surface area (Å²) in [6, 6.07) is 12.9. The first-order valence-electron chi connectivity index (χ1n) is 11.9. The van der Waals surface area contributed by atoms with Crippen molar-refractivity contribution in [2.45, 2.75) is 59.2 Å². The highest BCUT2D eigenvalue weighted by Gasteiger charge is 2.21. The predicted octanol–water partition coefficient (Wildman–Crippen LogP) is 4.54. The molecule has 1 aromatic heterocycles. The lowest BCUT2D eigenvalue weighted by Gasteiger charge is -2.25. The van der Waals surface area contributed by atoms with Crippen molar-refractivity contribution in [3.63, 3.8) is 0 Å². The number of halogens is 2. The number of carbonyl (C=O) groups excluding carboxylic acids is 1. The Bertz CT molecular complexity index is 1100. The zero-order chi connectivity index (χ0) is 25.6. The van der Waals surface area contributed by atoms with Crippen molar-refractivity contribution in [3.05, 3.63) is 89.2 Å². The van der Waals surface area contributed by atoms with Crippen LogP contribution in [-0.2, 0) is 24.2 Å². The fraction of sp³-hybridized carbons (Fsp3) is 0.393. The smallest absolute Gasteiger partial charge is 0.217 e. The summed E-state index contributed by atoms with van der Waals surface area (Å²) in [5, 5.41) is 16.8. The monoisotopic (exact) mass is 483 g/mol. The van der Waals surface area contributed by atoms with Crippen molar-refractivity contribution in [2.24, 2.45) is 5.41 Å². The number of aliphatic hydroxyl groups excluding tert-OH is 1. The van der Waals surface area contributed by atoms with Crippen LogP contribution in [0.4, 0.5) is 8.78 Å². The normalized spacial score (nSPS) is 13.5. The largest absolute Gasteiger partial charge is 0.390 e. The molecule has 188 valence electrons. The van der Waals surface area contributed by atoms with Crippen molar-refractivity contribution in [3.8, 4) is 5.69 Å². The molecular formula is C28H35F2N3O2. The van der Waals surface area contributed by atoms with Crippen LogP contribution >= 0.6 is 0 Å². The topological polar surface area (TPSA) is 66.3 Å². The lowest BCUT2D eigenvalue weighted by atomic mass is 9.87. The lowest BCUT2D eigenvalue weighted by molar-refractivity contribution is -0.120. The molecule has 0 fully saturated rings. The molecule has 0 aliphatic rings. The standard InChI is InChI=1S/C28H35F2N3O2/c1-19(34)32-25(14-21-12-23(29)15-24(30)13-21)27(35)18-31-17-22-11-20(16-28(2,3)4)7-8-26(22)33-9-5-6-10-33/h5-13,15,25,27,31,35H,14,16-18H2,1-4H3,(H,32,34). The van der Waals surface area contributed by atoms with Crippen LogP contribution in [0.2, 0.25) is 0 Å². The Hall–Kier alpha value is -3.03. The minimum atomic E-state index is -0.960. The Balaban J connectivity index is 1.72. The zero-order valence-electron chi connectivity index (χ0n) is 20.8. The van der Waals surface area contributed by atoms with Gasteiger partial charge in [-0.1, -0.05) is 32.9 Å². The van der Waals surface area contributed by atoms with E-state index in [4.69, 9.17) is 0 Å². The van der Waals surface area contributed by atoms with E-state index in [1.54, 1.807) is 0 Å². The first-order chi connectivity index (χ1) is 16.5. The number of nitrogens with one attached hydrogen (secondary N) is 2. The Kier molecular flexibility index (Phi) is 8.81. The molecule has 0 radical (unpaired) electrons. The maximum atomic E-state index is 13.6. The summed E-state index contributed by atoms with van der Waals surface area (Å²) in [6.07, 6.45) is 4.05. The summed E-state index contributed by atoms with van der Waals surface area (Å²) in [5.74, 6) is -1.71. The van der Waals surface area contributed by atoms with Gasteiger partial charge >= 0.3 is 0 Å². The summed E-state index contributed by atoms with van der Waals surface area (Å²) < 4.78 is 29.3. The number of hydrogen-bond donors (Lipinski definition) is 3. The van der Waals surface area contributed by atoms with E-state index in [1.165, 1.54) is 24.6 Å². The molecule has 1 amide bonds. The van der Waals surface area contributed by atoms with Crippen LogP contribution in [0.1, 0.15) is 44.4 Å². The Morgan fingerprint density at radius 3 is 2.29 bits per heavy atom. The minimum absolute atomic E-state index is 0.104. The van der Waals surface area contributed by atoms with Gasteiger partial charge in [-0.2, -0.15) is 0 Å². The first kappa shape index (κ1) is 26.6. The fourth-order valence-corrected chi connectivity index (χ4v) is 4.27. The zero-order valence-corrected chi connectivity index (χ0v) is 20.8. The van der Waals surface area contributed by atoms with Crippen LogP contribution in [0.25, 0.3) is 5.69 Å². The van der Waals surface area contributed by atoms with Crippen LogP contribution < -0.4 is 10.6 Å². The number of aliphatic hydroxyl groups is 1. The van der Waals surface area contributed by atoms with Gasteiger partial charge in [-0.15, -0.1) is 0 Å². The number of carbonyl (C=O) groups is 1. The molecule has 2 atom stereocenters. The lowest BCUT2D eigenvalue weighted by Crippen LogP contribution is -2.48. The third-order valence-electron chi connectivity index (χ3n) is 5.66. The predicted molar refractivity (Wildman–Crippen MR) is 134 cm³/mol. The van der Waals surface area contributed by atoms with Gasteiger partial charge in [-0.05, 0) is 65.3 Å². The SMILES string of the molecule is CC(=O)NC(Cc1cc(F)cc(F)c1)C(O)CNCc1cc(CC(C)(C)C)ccc1-n1cccc1. The molecule has 1 heterocycles. The van der Waals surface area contributed by atoms with E-state index >= 15 is 0 Å². The van der Waals surface area contributed by atoms with E-state index in [0.29, 0.717) is 12.1 Å². The quantitative estimate of drug-likeness (QED) is 0.397. The third kappa shape index (κ3) is 8.30. The summed E-state index contributed by atoms with van der Waals surface area (Å²) >= 11 is 0. The molecular weight excluding hydrogens is 448 g/mol. The average Bonchev–Trinajstić information content (AvgIpc) is 3.26. The van der Waals surface area contributed by atoms with E-state index in [9.17, 15) is 18.7 Å². The molecule has 0 bridgehead atoms. The number of amides is 1. The molecule has 0 aliphatic heterocycles. The fourth-order valence-electron chi connectivity index (χ4n) is 4.27. The van der Waals surface area contributed by atoms with Gasteiger partial charge in [0.05, 0.1) is 12.1 Å². The second-order valence-electron chi connectivity index (χ2n) is 10.3. The van der Waals surface area contributed by atoms with Gasteiger partial charge in [0.1, 0.15) is 11.6 Å². The number of nitrogens with zero attached hydrogens (tertiary/aromatic N) is 1. The molecule has 3 rings (SSSR count). The van der Waals surface area contributed by atoms with E-state index in [-0.39, 0.29) is 24.3 Å². The van der Waals surface area contributed by atoms with E-state index in [1.807, 2.05) is 29.1 Å². The Morgan fingerprint density at radius 1 is 1.03 bits per heavy atom. The minimum Gasteiger partial charge on any atom is -0.390 e. The van der Waals surface area contributed by atoms with E-state index < -0.39 is 23.8 Å². The molecule has 0 aliphatic carbocycles. The van der Waals surface area contributed by atoms with E-state index in [0.717, 1.165) is 23.7 Å². The summed E-state index contributed by atoms with van der Waals surface area (Å²) in [6.45, 7) is 8.65. The second-order valence-corrected chi connectivity index (χ2v) is 10.3. The average molecular weight is 484 g/mol. The summed E-state index contributed by atoms with van der Waals surface area (Å²) in [7, 11) is 0. The molecule has 3 aromatic rings. The summed E-state index contributed by atoms with van der Waals surface area (Å²) in [4.78, 5) is 11.7. The van der Waals surface area contributed by atoms with Gasteiger partial charge in [-0.3, -0.25) is 4.79 Å². The van der Waals surface area contributed by atoms with Crippen molar-refractivity contribution < 1.29 is 18.7 Å². The van der Waals surface area contributed by atoms with Crippen molar-refractivity contribution >= 4 is 5.91 Å². The maximum absolute atomic E-state index is 13.6. The van der Waals surface area contributed by atoms with E-state index in [2.05, 4.69) is 49.6 Å². The van der Waals surface area contributed by atoms with Gasteiger partial charge in [0.2, 0.25) is 5.91 Å². The molecule has 2 aromatic carbocycles. The molecule has 5 nitrogen and oxygen atoms in total. The molecule has 0 spiro atoms. The molecule has 3 N–H and O–H groups in total. The molecule has 0 saturated carbocycles. The highest BCUT2D eigenvalue weighted by Crippen LogP contribution is 2.24. The van der Waals surface area contributed by atoms with Crippen LogP contribution in [-0.4, -0.2) is 34.3 Å². The Labute approximate surface area is 206 Å². The van der Waals surface area contributed by atoms with Gasteiger partial charge in [-0.25, -0.2) is 8.78 Å². The number of aromatic nitrogens is 1. The van der Waals surface area contributed by atoms with Gasteiger partial charge < -0.3 is 20.3 Å². The van der Waals surface area contributed by atoms with Crippen LogP contribution in [0, 0.1) is 17.0 Å². The van der Waals surface area contributed by atoms with Gasteiger partial charge in [0, 0.05) is 44.2 Å². The highest BCUT2D eigenvalue weighted by molar-refractivity contribution is 5.73. The van der Waals surface area contributed by atoms with Gasteiger partial charge in [0.15, 0.2) is 0 Å². The van der Waals surface area contributed by atoms with Gasteiger partial charge in [0.25, 0.3) is 0 Å². The van der Waals surface area contributed by atoms with Crippen LogP contribution in [0.15, 0.2) is 60.9 Å². The highest BCUT2D eigenvalue weighted by atomic mass is 19.1. The number of rotatable bonds is 10. The van der Waals surface area contributed by atoms with Crippen LogP contribution in [0.3, 0.4) is 0 Å². The Morgan fingerprint density at radius 2 is 1.69 bits per heavy atom. The summed E-state index contributed by atoms with van der Waals surface area (Å²) in [5.41, 5.74) is 3.87. The maximum Gasteiger partial charge on any atom is 0.217 e. The van der Waals surface area contributed by atoms with Crippen LogP contribution in [0.5, 0.6) is 0 Å². The first-order valence-corrected chi connectivity index (χ1v) is 11.9. The third-order valence-corrected chi connectivity index (χ3v) is 5.66. The molecule has 2 unspecified atom stereocenters. The number of hydrogen-bond acceptors (Lipinski definition) is 3. The second kappa shape index (κ2) is 11.6. The molecule has 35 heavy (non-hydrogen) atoms. The molecule has 7 heteroatoms. The number of benzene rings is 2.